The molecule has 0 spiro atoms. The molecular formula is C19H31N3O2. The van der Waals surface area contributed by atoms with Crippen LogP contribution in [-0.4, -0.2) is 59.9 Å². The lowest BCUT2D eigenvalue weighted by atomic mass is 9.86. The van der Waals surface area contributed by atoms with Crippen molar-refractivity contribution in [3.8, 4) is 0 Å². The molecule has 4 atom stereocenters. The van der Waals surface area contributed by atoms with Crippen molar-refractivity contribution in [3.05, 3.63) is 0 Å². The summed E-state index contributed by atoms with van der Waals surface area (Å²) in [5.41, 5.74) is 0. The zero-order valence-electron chi connectivity index (χ0n) is 14.9. The van der Waals surface area contributed by atoms with Crippen LogP contribution in [0.3, 0.4) is 0 Å². The van der Waals surface area contributed by atoms with Crippen molar-refractivity contribution in [1.29, 1.82) is 0 Å². The van der Waals surface area contributed by atoms with Gasteiger partial charge in [-0.15, -0.1) is 0 Å². The standard InChI is InChI=1S/C19H31N3O2/c1-13(19(24)20-17-4-5-17)21-6-8-22(9-7-21)18(23)12-16-11-14-2-3-15(16)10-14/h13-17H,2-12H2,1H3,(H,20,24)/t13-,14+,15+,16-/m0/s1. The van der Waals surface area contributed by atoms with Crippen LogP contribution in [0.15, 0.2) is 0 Å². The second-order valence-corrected chi connectivity index (χ2v) is 8.51. The van der Waals surface area contributed by atoms with Crippen LogP contribution in [0, 0.1) is 17.8 Å². The van der Waals surface area contributed by atoms with Gasteiger partial charge in [-0.1, -0.05) is 6.42 Å². The van der Waals surface area contributed by atoms with Crippen molar-refractivity contribution in [2.45, 2.75) is 64.0 Å². The average Bonchev–Trinajstić information content (AvgIpc) is 3.16. The Morgan fingerprint density at radius 2 is 1.79 bits per heavy atom. The van der Waals surface area contributed by atoms with Crippen molar-refractivity contribution >= 4 is 11.8 Å². The van der Waals surface area contributed by atoms with Gasteiger partial charge in [-0.05, 0) is 56.8 Å². The minimum Gasteiger partial charge on any atom is -0.352 e. The summed E-state index contributed by atoms with van der Waals surface area (Å²) in [6.07, 6.45) is 8.43. The van der Waals surface area contributed by atoms with E-state index >= 15 is 0 Å². The molecule has 0 unspecified atom stereocenters. The topological polar surface area (TPSA) is 52.7 Å². The van der Waals surface area contributed by atoms with Gasteiger partial charge in [0.15, 0.2) is 0 Å². The molecule has 4 rings (SSSR count). The van der Waals surface area contributed by atoms with Crippen molar-refractivity contribution in [3.63, 3.8) is 0 Å². The summed E-state index contributed by atoms with van der Waals surface area (Å²) in [5, 5.41) is 3.09. The number of piperazine rings is 1. The minimum atomic E-state index is -0.0755. The van der Waals surface area contributed by atoms with E-state index in [0.29, 0.717) is 17.9 Å². The first-order valence-electron chi connectivity index (χ1n) is 9.92. The largest absolute Gasteiger partial charge is 0.352 e. The Morgan fingerprint density at radius 1 is 1.04 bits per heavy atom. The molecular weight excluding hydrogens is 302 g/mol. The van der Waals surface area contributed by atoms with Crippen LogP contribution in [0.1, 0.15) is 51.9 Å². The normalized spacial score (nSPS) is 34.4. The van der Waals surface area contributed by atoms with Gasteiger partial charge in [-0.3, -0.25) is 14.5 Å². The highest BCUT2D eigenvalue weighted by molar-refractivity contribution is 5.82. The monoisotopic (exact) mass is 333 g/mol. The minimum absolute atomic E-state index is 0.0755. The van der Waals surface area contributed by atoms with Gasteiger partial charge in [0.1, 0.15) is 0 Å². The van der Waals surface area contributed by atoms with Crippen molar-refractivity contribution in [1.82, 2.24) is 15.1 Å². The first-order valence-corrected chi connectivity index (χ1v) is 9.92. The highest BCUT2D eigenvalue weighted by atomic mass is 16.2. The van der Waals surface area contributed by atoms with E-state index in [-0.39, 0.29) is 11.9 Å². The molecule has 5 heteroatoms. The van der Waals surface area contributed by atoms with Gasteiger partial charge in [-0.2, -0.15) is 0 Å². The van der Waals surface area contributed by atoms with Gasteiger partial charge in [0.25, 0.3) is 0 Å². The Balaban J connectivity index is 1.22. The molecule has 134 valence electrons. The van der Waals surface area contributed by atoms with E-state index in [2.05, 4.69) is 10.2 Å². The van der Waals surface area contributed by atoms with Crippen molar-refractivity contribution < 1.29 is 9.59 Å². The van der Waals surface area contributed by atoms with Gasteiger partial charge >= 0.3 is 0 Å². The third-order valence-corrected chi connectivity index (χ3v) is 6.84. The van der Waals surface area contributed by atoms with E-state index in [9.17, 15) is 9.59 Å². The Kier molecular flexibility index (Phi) is 4.54. The molecule has 1 N–H and O–H groups in total. The number of rotatable bonds is 5. The molecule has 3 saturated carbocycles. The summed E-state index contributed by atoms with van der Waals surface area (Å²) in [7, 11) is 0. The summed E-state index contributed by atoms with van der Waals surface area (Å²) < 4.78 is 0. The van der Waals surface area contributed by atoms with Gasteiger partial charge < -0.3 is 10.2 Å². The molecule has 0 aromatic heterocycles. The summed E-state index contributed by atoms with van der Waals surface area (Å²) in [4.78, 5) is 29.1. The second-order valence-electron chi connectivity index (χ2n) is 8.51. The van der Waals surface area contributed by atoms with Gasteiger partial charge in [0, 0.05) is 38.6 Å². The third kappa shape index (κ3) is 3.46. The zero-order chi connectivity index (χ0) is 16.7. The van der Waals surface area contributed by atoms with E-state index in [1.807, 2.05) is 11.8 Å². The fourth-order valence-electron chi connectivity index (χ4n) is 5.05. The number of amides is 2. The maximum absolute atomic E-state index is 12.6. The summed E-state index contributed by atoms with van der Waals surface area (Å²) >= 11 is 0. The Hall–Kier alpha value is -1.10. The van der Waals surface area contributed by atoms with Crippen molar-refractivity contribution in [2.75, 3.05) is 26.2 Å². The summed E-state index contributed by atoms with van der Waals surface area (Å²) in [6.45, 7) is 5.19. The molecule has 1 saturated heterocycles. The first kappa shape index (κ1) is 16.4. The number of nitrogens with one attached hydrogen (secondary N) is 1. The smallest absolute Gasteiger partial charge is 0.237 e. The van der Waals surface area contributed by atoms with E-state index in [1.54, 1.807) is 0 Å². The molecule has 2 bridgehead atoms. The maximum atomic E-state index is 12.6. The summed E-state index contributed by atoms with van der Waals surface area (Å²) in [5.74, 6) is 2.89. The van der Waals surface area contributed by atoms with Crippen LogP contribution in [0.4, 0.5) is 0 Å². The molecule has 5 nitrogen and oxygen atoms in total. The molecule has 2 amide bonds. The molecule has 4 aliphatic rings. The van der Waals surface area contributed by atoms with E-state index < -0.39 is 0 Å². The fourth-order valence-corrected chi connectivity index (χ4v) is 5.05. The zero-order valence-corrected chi connectivity index (χ0v) is 14.9. The van der Waals surface area contributed by atoms with E-state index in [4.69, 9.17) is 0 Å². The van der Waals surface area contributed by atoms with Gasteiger partial charge in [0.05, 0.1) is 6.04 Å². The number of hydrogen-bond acceptors (Lipinski definition) is 3. The second kappa shape index (κ2) is 6.66. The Labute approximate surface area is 145 Å². The van der Waals surface area contributed by atoms with Crippen LogP contribution in [-0.2, 0) is 9.59 Å². The maximum Gasteiger partial charge on any atom is 0.237 e. The number of nitrogens with zero attached hydrogens (tertiary/aromatic N) is 2. The van der Waals surface area contributed by atoms with E-state index in [1.165, 1.54) is 25.7 Å². The van der Waals surface area contributed by atoms with Crippen LogP contribution in [0.2, 0.25) is 0 Å². The predicted octanol–water partition coefficient (Wildman–Crippen LogP) is 1.62. The predicted molar refractivity (Wildman–Crippen MR) is 92.3 cm³/mol. The molecule has 1 aliphatic heterocycles. The molecule has 0 radical (unpaired) electrons. The lowest BCUT2D eigenvalue weighted by Crippen LogP contribution is -2.55. The quantitative estimate of drug-likeness (QED) is 0.832. The molecule has 4 fully saturated rings. The number of fused-ring (bicyclic) bond motifs is 2. The molecule has 0 aromatic carbocycles. The van der Waals surface area contributed by atoms with Gasteiger partial charge in [0.2, 0.25) is 11.8 Å². The molecule has 3 aliphatic carbocycles. The highest BCUT2D eigenvalue weighted by Gasteiger charge is 2.41. The van der Waals surface area contributed by atoms with Crippen LogP contribution in [0.25, 0.3) is 0 Å². The van der Waals surface area contributed by atoms with Crippen LogP contribution >= 0.6 is 0 Å². The molecule has 0 aromatic rings. The Morgan fingerprint density at radius 3 is 2.38 bits per heavy atom. The highest BCUT2D eigenvalue weighted by Crippen LogP contribution is 2.49. The Bertz CT molecular complexity index is 497. The van der Waals surface area contributed by atoms with Crippen LogP contribution in [0.5, 0.6) is 0 Å². The third-order valence-electron chi connectivity index (χ3n) is 6.84. The average molecular weight is 333 g/mol. The number of carbonyl (C=O) groups excluding carboxylic acids is 2. The number of hydrogen-bond donors (Lipinski definition) is 1. The fraction of sp³-hybridized carbons (Fsp3) is 0.895. The van der Waals surface area contributed by atoms with Gasteiger partial charge in [-0.25, -0.2) is 0 Å². The SMILES string of the molecule is C[C@@H](C(=O)NC1CC1)N1CCN(C(=O)C[C@@H]2C[C@@H]3CC[C@@H]2C3)CC1. The van der Waals surface area contributed by atoms with Crippen molar-refractivity contribution in [2.24, 2.45) is 17.8 Å². The lowest BCUT2D eigenvalue weighted by Gasteiger charge is -2.38. The van der Waals surface area contributed by atoms with Crippen LogP contribution < -0.4 is 5.32 Å². The van der Waals surface area contributed by atoms with E-state index in [0.717, 1.165) is 57.3 Å². The lowest BCUT2D eigenvalue weighted by molar-refractivity contribution is -0.135. The molecule has 1 heterocycles. The molecule has 24 heavy (non-hydrogen) atoms. The summed E-state index contributed by atoms with van der Waals surface area (Å²) in [6, 6.07) is 0.345. The number of carbonyl (C=O) groups is 2. The first-order chi connectivity index (χ1) is 11.6.